The van der Waals surface area contributed by atoms with Gasteiger partial charge < -0.3 is 20.1 Å². The van der Waals surface area contributed by atoms with Crippen molar-refractivity contribution in [3.63, 3.8) is 0 Å². The molecular formula is C14H18N4O4. The van der Waals surface area contributed by atoms with Crippen molar-refractivity contribution in [1.82, 2.24) is 20.3 Å². The van der Waals surface area contributed by atoms with Gasteiger partial charge in [-0.3, -0.25) is 5.32 Å². The van der Waals surface area contributed by atoms with Crippen LogP contribution in [-0.2, 0) is 0 Å². The average Bonchev–Trinajstić information content (AvgIpc) is 3.13. The SMILES string of the molecule is COc1ccccc1-n1cc([C@H]2N[C@H](CO)[C@@H](O)[C@@H]2O)nn1. The second-order valence-electron chi connectivity index (χ2n) is 5.17. The van der Waals surface area contributed by atoms with E-state index in [0.717, 1.165) is 5.69 Å². The van der Waals surface area contributed by atoms with Crippen LogP contribution >= 0.6 is 0 Å². The third-order valence-corrected chi connectivity index (χ3v) is 3.86. The number of nitrogens with zero attached hydrogens (tertiary/aromatic N) is 3. The number of rotatable bonds is 4. The minimum absolute atomic E-state index is 0.268. The van der Waals surface area contributed by atoms with Crippen molar-refractivity contribution in [3.8, 4) is 11.4 Å². The molecule has 8 heteroatoms. The Morgan fingerprint density at radius 2 is 2.05 bits per heavy atom. The molecule has 0 amide bonds. The first-order valence-corrected chi connectivity index (χ1v) is 6.94. The molecule has 0 bridgehead atoms. The lowest BCUT2D eigenvalue weighted by molar-refractivity contribution is 0.0190. The molecule has 1 aliphatic heterocycles. The number of benzene rings is 1. The van der Waals surface area contributed by atoms with E-state index in [4.69, 9.17) is 4.74 Å². The minimum Gasteiger partial charge on any atom is -0.494 e. The second-order valence-corrected chi connectivity index (χ2v) is 5.17. The Bertz CT molecular complexity index is 647. The molecule has 2 aromatic rings. The molecule has 1 aromatic heterocycles. The molecule has 3 rings (SSSR count). The molecule has 8 nitrogen and oxygen atoms in total. The molecule has 1 saturated heterocycles. The number of methoxy groups -OCH3 is 1. The summed E-state index contributed by atoms with van der Waals surface area (Å²) in [4.78, 5) is 0. The van der Waals surface area contributed by atoms with Crippen LogP contribution in [0.15, 0.2) is 30.5 Å². The summed E-state index contributed by atoms with van der Waals surface area (Å²) >= 11 is 0. The molecule has 22 heavy (non-hydrogen) atoms. The number of ether oxygens (including phenoxy) is 1. The van der Waals surface area contributed by atoms with Crippen LogP contribution in [0.4, 0.5) is 0 Å². The maximum absolute atomic E-state index is 10.1. The van der Waals surface area contributed by atoms with Gasteiger partial charge in [-0.05, 0) is 12.1 Å². The molecule has 0 unspecified atom stereocenters. The lowest BCUT2D eigenvalue weighted by Gasteiger charge is -2.12. The lowest BCUT2D eigenvalue weighted by atomic mass is 10.1. The van der Waals surface area contributed by atoms with Crippen molar-refractivity contribution in [3.05, 3.63) is 36.2 Å². The molecule has 1 aromatic carbocycles. The van der Waals surface area contributed by atoms with Crippen molar-refractivity contribution in [2.24, 2.45) is 0 Å². The first-order valence-electron chi connectivity index (χ1n) is 6.94. The summed E-state index contributed by atoms with van der Waals surface area (Å²) in [7, 11) is 1.57. The van der Waals surface area contributed by atoms with E-state index in [1.54, 1.807) is 18.0 Å². The fourth-order valence-corrected chi connectivity index (χ4v) is 2.64. The molecular weight excluding hydrogens is 288 g/mol. The summed E-state index contributed by atoms with van der Waals surface area (Å²) in [6.07, 6.45) is -0.447. The zero-order valence-corrected chi connectivity index (χ0v) is 12.0. The Morgan fingerprint density at radius 3 is 2.73 bits per heavy atom. The highest BCUT2D eigenvalue weighted by Crippen LogP contribution is 2.27. The van der Waals surface area contributed by atoms with Crippen LogP contribution in [0.2, 0.25) is 0 Å². The fraction of sp³-hybridized carbons (Fsp3) is 0.429. The molecule has 1 fully saturated rings. The van der Waals surface area contributed by atoms with E-state index in [2.05, 4.69) is 15.6 Å². The summed E-state index contributed by atoms with van der Waals surface area (Å²) in [6.45, 7) is -0.268. The first kappa shape index (κ1) is 14.9. The third-order valence-electron chi connectivity index (χ3n) is 3.86. The molecule has 0 spiro atoms. The van der Waals surface area contributed by atoms with Gasteiger partial charge in [0, 0.05) is 0 Å². The molecule has 4 N–H and O–H groups in total. The van der Waals surface area contributed by atoms with Crippen molar-refractivity contribution in [2.75, 3.05) is 13.7 Å². The van der Waals surface area contributed by atoms with Crippen molar-refractivity contribution < 1.29 is 20.1 Å². The maximum Gasteiger partial charge on any atom is 0.144 e. The molecule has 0 aliphatic carbocycles. The van der Waals surface area contributed by atoms with E-state index in [1.165, 1.54) is 0 Å². The van der Waals surface area contributed by atoms with Crippen LogP contribution in [0.5, 0.6) is 5.75 Å². The zero-order valence-electron chi connectivity index (χ0n) is 12.0. The van der Waals surface area contributed by atoms with Gasteiger partial charge in [0.05, 0.1) is 38.1 Å². The molecule has 4 atom stereocenters. The second kappa shape index (κ2) is 6.01. The smallest absolute Gasteiger partial charge is 0.144 e. The Hall–Kier alpha value is -2.00. The summed E-state index contributed by atoms with van der Waals surface area (Å²) in [5, 5.41) is 40.1. The highest BCUT2D eigenvalue weighted by atomic mass is 16.5. The van der Waals surface area contributed by atoms with E-state index in [-0.39, 0.29) is 6.61 Å². The van der Waals surface area contributed by atoms with Gasteiger partial charge in [0.2, 0.25) is 0 Å². The summed E-state index contributed by atoms with van der Waals surface area (Å²) in [6, 6.07) is 6.18. The van der Waals surface area contributed by atoms with Gasteiger partial charge in [-0.1, -0.05) is 17.3 Å². The highest BCUT2D eigenvalue weighted by molar-refractivity contribution is 5.45. The summed E-state index contributed by atoms with van der Waals surface area (Å²) < 4.78 is 6.82. The van der Waals surface area contributed by atoms with Gasteiger partial charge in [-0.15, -0.1) is 5.10 Å². The average molecular weight is 306 g/mol. The normalized spacial score (nSPS) is 28.0. The molecule has 2 heterocycles. The predicted octanol–water partition coefficient (Wildman–Crippen LogP) is -0.997. The lowest BCUT2D eigenvalue weighted by Crippen LogP contribution is -2.35. The molecule has 0 saturated carbocycles. The number of aliphatic hydroxyl groups excluding tert-OH is 3. The Morgan fingerprint density at radius 1 is 1.27 bits per heavy atom. The minimum atomic E-state index is -1.06. The Kier molecular flexibility index (Phi) is 4.08. The number of hydrogen-bond donors (Lipinski definition) is 4. The van der Waals surface area contributed by atoms with Crippen LogP contribution in [0.1, 0.15) is 11.7 Å². The van der Waals surface area contributed by atoms with Crippen LogP contribution in [-0.4, -0.2) is 62.3 Å². The van der Waals surface area contributed by atoms with Gasteiger partial charge in [0.1, 0.15) is 23.2 Å². The fourth-order valence-electron chi connectivity index (χ4n) is 2.64. The van der Waals surface area contributed by atoms with E-state index in [9.17, 15) is 15.3 Å². The van der Waals surface area contributed by atoms with Crippen LogP contribution in [0, 0.1) is 0 Å². The quantitative estimate of drug-likeness (QED) is 0.573. The topological polar surface area (TPSA) is 113 Å². The van der Waals surface area contributed by atoms with E-state index >= 15 is 0 Å². The van der Waals surface area contributed by atoms with Crippen LogP contribution in [0.25, 0.3) is 5.69 Å². The molecule has 0 radical (unpaired) electrons. The van der Waals surface area contributed by atoms with Gasteiger partial charge >= 0.3 is 0 Å². The maximum atomic E-state index is 10.1. The first-order chi connectivity index (χ1) is 10.7. The standard InChI is InChI=1S/C14H18N4O4/c1-22-11-5-3-2-4-10(11)18-6-8(16-17-18)12-14(21)13(20)9(7-19)15-12/h2-6,9,12-15,19-21H,7H2,1H3/t9-,12-,13-,14-/m1/s1. The Balaban J connectivity index is 1.88. The van der Waals surface area contributed by atoms with Gasteiger partial charge in [-0.2, -0.15) is 0 Å². The highest BCUT2D eigenvalue weighted by Gasteiger charge is 2.42. The number of aromatic nitrogens is 3. The summed E-state index contributed by atoms with van der Waals surface area (Å²) in [5.74, 6) is 0.646. The van der Waals surface area contributed by atoms with Crippen molar-refractivity contribution in [1.29, 1.82) is 0 Å². The molecule has 1 aliphatic rings. The van der Waals surface area contributed by atoms with Gasteiger partial charge in [0.15, 0.2) is 0 Å². The van der Waals surface area contributed by atoms with E-state index in [0.29, 0.717) is 11.4 Å². The Labute approximate surface area is 127 Å². The number of aliphatic hydroxyl groups is 3. The van der Waals surface area contributed by atoms with E-state index in [1.807, 2.05) is 24.3 Å². The largest absolute Gasteiger partial charge is 0.494 e. The summed E-state index contributed by atoms with van der Waals surface area (Å²) in [5.41, 5.74) is 1.20. The van der Waals surface area contributed by atoms with E-state index < -0.39 is 24.3 Å². The van der Waals surface area contributed by atoms with Crippen molar-refractivity contribution in [2.45, 2.75) is 24.3 Å². The van der Waals surface area contributed by atoms with Crippen molar-refractivity contribution >= 4 is 0 Å². The number of hydrogen-bond acceptors (Lipinski definition) is 7. The monoisotopic (exact) mass is 306 g/mol. The predicted molar refractivity (Wildman–Crippen MR) is 76.7 cm³/mol. The van der Waals surface area contributed by atoms with Gasteiger partial charge in [0.25, 0.3) is 0 Å². The van der Waals surface area contributed by atoms with Crippen LogP contribution in [0.3, 0.4) is 0 Å². The molecule has 118 valence electrons. The van der Waals surface area contributed by atoms with Gasteiger partial charge in [-0.25, -0.2) is 4.68 Å². The number of para-hydroxylation sites is 2. The third kappa shape index (κ3) is 2.46. The zero-order chi connectivity index (χ0) is 15.7. The number of nitrogens with one attached hydrogen (secondary N) is 1. The van der Waals surface area contributed by atoms with Crippen LogP contribution < -0.4 is 10.1 Å².